The van der Waals surface area contributed by atoms with Crippen LogP contribution in [0.4, 0.5) is 0 Å². The first-order valence-electron chi connectivity index (χ1n) is 5.09. The molecule has 0 aromatic carbocycles. The minimum absolute atomic E-state index is 0.399. The largest absolute Gasteiger partial charge is 0.390 e. The molecule has 1 heteroatoms. The maximum absolute atomic E-state index is 10.3. The molecule has 0 heterocycles. The summed E-state index contributed by atoms with van der Waals surface area (Å²) >= 11 is 0. The van der Waals surface area contributed by atoms with Crippen LogP contribution in [0.15, 0.2) is 0 Å². The van der Waals surface area contributed by atoms with Crippen LogP contribution in [0.1, 0.15) is 40.5 Å². The van der Waals surface area contributed by atoms with Crippen LogP contribution >= 0.6 is 0 Å². The summed E-state index contributed by atoms with van der Waals surface area (Å²) in [5, 5.41) is 10.3. The summed E-state index contributed by atoms with van der Waals surface area (Å²) in [6, 6.07) is 0. The smallest absolute Gasteiger partial charge is 0.0678 e. The molecule has 1 N–H and O–H groups in total. The minimum atomic E-state index is -0.405. The molecule has 12 heavy (non-hydrogen) atoms. The summed E-state index contributed by atoms with van der Waals surface area (Å²) < 4.78 is 0. The maximum Gasteiger partial charge on any atom is 0.0678 e. The first kappa shape index (κ1) is 8.55. The third-order valence-electron chi connectivity index (χ3n) is 4.81. The van der Waals surface area contributed by atoms with Gasteiger partial charge in [-0.3, -0.25) is 0 Å². The SMILES string of the molecule is C[C@@H]1CC2CC(C2(C)C)[C@]1(C)O. The van der Waals surface area contributed by atoms with E-state index in [0.717, 1.165) is 5.92 Å². The Kier molecular flexibility index (Phi) is 1.47. The van der Waals surface area contributed by atoms with Gasteiger partial charge in [0, 0.05) is 0 Å². The van der Waals surface area contributed by atoms with Crippen LogP contribution in [-0.4, -0.2) is 10.7 Å². The van der Waals surface area contributed by atoms with Crippen molar-refractivity contribution in [1.82, 2.24) is 0 Å². The highest BCUT2D eigenvalue weighted by molar-refractivity contribution is 5.10. The Labute approximate surface area is 75.2 Å². The Morgan fingerprint density at radius 2 is 1.75 bits per heavy atom. The fourth-order valence-corrected chi connectivity index (χ4v) is 3.42. The Bertz CT molecular complexity index is 205. The summed E-state index contributed by atoms with van der Waals surface area (Å²) in [4.78, 5) is 0. The number of hydrogen-bond donors (Lipinski definition) is 1. The lowest BCUT2D eigenvalue weighted by molar-refractivity contribution is -0.220. The Morgan fingerprint density at radius 1 is 1.17 bits per heavy atom. The summed E-state index contributed by atoms with van der Waals surface area (Å²) in [5.41, 5.74) is -0.00569. The highest BCUT2D eigenvalue weighted by Gasteiger charge is 2.61. The highest BCUT2D eigenvalue weighted by Crippen LogP contribution is 2.64. The molecule has 0 spiro atoms. The van der Waals surface area contributed by atoms with Crippen LogP contribution in [-0.2, 0) is 0 Å². The van der Waals surface area contributed by atoms with E-state index in [-0.39, 0.29) is 0 Å². The molecule has 0 aliphatic heterocycles. The lowest BCUT2D eigenvalue weighted by Gasteiger charge is -2.65. The standard InChI is InChI=1S/C11H20O/c1-7-5-8-6-9(10(8,2)3)11(7,4)12/h7-9,12H,5-6H2,1-4H3/t7-,8?,9?,11-/m1/s1. The molecule has 3 aliphatic carbocycles. The zero-order valence-corrected chi connectivity index (χ0v) is 8.59. The number of rotatable bonds is 0. The van der Waals surface area contributed by atoms with E-state index in [9.17, 15) is 5.11 Å². The zero-order valence-electron chi connectivity index (χ0n) is 8.59. The fraction of sp³-hybridized carbons (Fsp3) is 1.00. The predicted molar refractivity (Wildman–Crippen MR) is 49.8 cm³/mol. The summed E-state index contributed by atoms with van der Waals surface area (Å²) in [6.45, 7) is 8.84. The number of hydrogen-bond acceptors (Lipinski definition) is 1. The summed E-state index contributed by atoms with van der Waals surface area (Å²) in [5.74, 6) is 1.91. The van der Waals surface area contributed by atoms with Crippen molar-refractivity contribution in [2.45, 2.75) is 46.1 Å². The minimum Gasteiger partial charge on any atom is -0.390 e. The van der Waals surface area contributed by atoms with Crippen LogP contribution in [0.5, 0.6) is 0 Å². The van der Waals surface area contributed by atoms with Gasteiger partial charge in [0.1, 0.15) is 0 Å². The molecule has 0 aromatic heterocycles. The van der Waals surface area contributed by atoms with Crippen molar-refractivity contribution in [3.63, 3.8) is 0 Å². The quantitative estimate of drug-likeness (QED) is 0.589. The van der Waals surface area contributed by atoms with Gasteiger partial charge >= 0.3 is 0 Å². The van der Waals surface area contributed by atoms with Crippen LogP contribution in [0.3, 0.4) is 0 Å². The van der Waals surface area contributed by atoms with Crippen LogP contribution in [0, 0.1) is 23.2 Å². The van der Waals surface area contributed by atoms with Crippen LogP contribution in [0.25, 0.3) is 0 Å². The Hall–Kier alpha value is -0.0400. The number of fused-ring (bicyclic) bond motifs is 2. The van der Waals surface area contributed by atoms with Crippen LogP contribution in [0.2, 0.25) is 0 Å². The predicted octanol–water partition coefficient (Wildman–Crippen LogP) is 2.44. The van der Waals surface area contributed by atoms with Gasteiger partial charge in [-0.2, -0.15) is 0 Å². The topological polar surface area (TPSA) is 20.2 Å². The highest BCUT2D eigenvalue weighted by atomic mass is 16.3. The third kappa shape index (κ3) is 0.783. The molecule has 70 valence electrons. The molecule has 2 bridgehead atoms. The third-order valence-corrected chi connectivity index (χ3v) is 4.81. The van der Waals surface area contributed by atoms with Crippen molar-refractivity contribution >= 4 is 0 Å². The van der Waals surface area contributed by atoms with E-state index in [4.69, 9.17) is 0 Å². The second-order valence-electron chi connectivity index (χ2n) is 5.67. The Balaban J connectivity index is 2.27. The maximum atomic E-state index is 10.3. The molecule has 3 rings (SSSR count). The van der Waals surface area contributed by atoms with E-state index in [1.807, 2.05) is 6.92 Å². The second-order valence-corrected chi connectivity index (χ2v) is 5.67. The van der Waals surface area contributed by atoms with E-state index in [1.54, 1.807) is 0 Å². The van der Waals surface area contributed by atoms with Gasteiger partial charge in [0.05, 0.1) is 5.60 Å². The monoisotopic (exact) mass is 168 g/mol. The Morgan fingerprint density at radius 3 is 2.08 bits per heavy atom. The van der Waals surface area contributed by atoms with Crippen molar-refractivity contribution in [1.29, 1.82) is 0 Å². The normalized spacial score (nSPS) is 56.2. The van der Waals surface area contributed by atoms with Gasteiger partial charge < -0.3 is 5.11 Å². The van der Waals surface area contributed by atoms with Gasteiger partial charge in [-0.1, -0.05) is 20.8 Å². The van der Waals surface area contributed by atoms with E-state index in [0.29, 0.717) is 17.3 Å². The van der Waals surface area contributed by atoms with Crippen molar-refractivity contribution in [2.75, 3.05) is 0 Å². The van der Waals surface area contributed by atoms with Gasteiger partial charge in [0.2, 0.25) is 0 Å². The van der Waals surface area contributed by atoms with Gasteiger partial charge in [-0.25, -0.2) is 0 Å². The summed E-state index contributed by atoms with van der Waals surface area (Å²) in [7, 11) is 0. The average Bonchev–Trinajstić information content (AvgIpc) is 1.93. The molecule has 3 aliphatic rings. The van der Waals surface area contributed by atoms with E-state index in [2.05, 4.69) is 20.8 Å². The molecule has 0 aromatic rings. The van der Waals surface area contributed by atoms with Crippen molar-refractivity contribution in [2.24, 2.45) is 23.2 Å². The van der Waals surface area contributed by atoms with Gasteiger partial charge in [0.15, 0.2) is 0 Å². The van der Waals surface area contributed by atoms with Crippen molar-refractivity contribution in [3.05, 3.63) is 0 Å². The van der Waals surface area contributed by atoms with Crippen LogP contribution < -0.4 is 0 Å². The summed E-state index contributed by atoms with van der Waals surface area (Å²) in [6.07, 6.45) is 2.47. The van der Waals surface area contributed by atoms with E-state index < -0.39 is 5.60 Å². The van der Waals surface area contributed by atoms with E-state index in [1.165, 1.54) is 12.8 Å². The van der Waals surface area contributed by atoms with Gasteiger partial charge in [-0.05, 0) is 42.9 Å². The van der Waals surface area contributed by atoms with Gasteiger partial charge in [0.25, 0.3) is 0 Å². The first-order chi connectivity index (χ1) is 5.37. The lowest BCUT2D eigenvalue weighted by atomic mass is 9.42. The molecule has 3 fully saturated rings. The second kappa shape index (κ2) is 2.06. The number of aliphatic hydroxyl groups is 1. The average molecular weight is 168 g/mol. The molecule has 3 saturated carbocycles. The van der Waals surface area contributed by atoms with E-state index >= 15 is 0 Å². The zero-order chi connectivity index (χ0) is 9.15. The molecule has 0 saturated heterocycles. The molecule has 0 amide bonds. The molecule has 4 atom stereocenters. The molecular weight excluding hydrogens is 148 g/mol. The van der Waals surface area contributed by atoms with Crippen molar-refractivity contribution in [3.8, 4) is 0 Å². The molecule has 1 nitrogen and oxygen atoms in total. The fourth-order valence-electron chi connectivity index (χ4n) is 3.42. The first-order valence-corrected chi connectivity index (χ1v) is 5.09. The lowest BCUT2D eigenvalue weighted by Crippen LogP contribution is -2.63. The van der Waals surface area contributed by atoms with Gasteiger partial charge in [-0.15, -0.1) is 0 Å². The molecule has 0 radical (unpaired) electrons. The molecular formula is C11H20O. The van der Waals surface area contributed by atoms with Crippen molar-refractivity contribution < 1.29 is 5.11 Å². The molecule has 2 unspecified atom stereocenters.